The number of ether oxygens (including phenoxy) is 1. The lowest BCUT2D eigenvalue weighted by Crippen LogP contribution is -2.38. The molecule has 0 saturated heterocycles. The summed E-state index contributed by atoms with van der Waals surface area (Å²) >= 11 is 0. The van der Waals surface area contributed by atoms with Crippen molar-refractivity contribution in [2.75, 3.05) is 0 Å². The minimum Gasteiger partial charge on any atom is -0.463 e. The molecule has 0 spiro atoms. The zero-order chi connectivity index (χ0) is 17.2. The highest BCUT2D eigenvalue weighted by atomic mass is 19.3. The molecule has 2 aliphatic carbocycles. The molecule has 2 rings (SSSR count). The van der Waals surface area contributed by atoms with Gasteiger partial charge in [0, 0.05) is 12.8 Å². The number of hydrogen-bond donors (Lipinski definition) is 0. The summed E-state index contributed by atoms with van der Waals surface area (Å²) in [5.74, 6) is -2.10. The molecule has 0 saturated carbocycles. The largest absolute Gasteiger partial charge is 0.463 e. The maximum absolute atomic E-state index is 14.6. The SMILES string of the molecule is CCC(F)(F)C1CCC=C(OC2=C(C)CC(C(C)C)CC2)C1F. The average Bonchev–Trinajstić information content (AvgIpc) is 2.50. The van der Waals surface area contributed by atoms with Crippen LogP contribution in [0.2, 0.25) is 0 Å². The Morgan fingerprint density at radius 2 is 2.00 bits per heavy atom. The predicted octanol–water partition coefficient (Wildman–Crippen LogP) is 6.41. The molecule has 0 aromatic rings. The Hall–Kier alpha value is -0.930. The van der Waals surface area contributed by atoms with Crippen LogP contribution in [0.25, 0.3) is 0 Å². The first kappa shape index (κ1) is 18.4. The molecule has 1 nitrogen and oxygen atoms in total. The molecule has 0 aliphatic heterocycles. The summed E-state index contributed by atoms with van der Waals surface area (Å²) in [5.41, 5.74) is 1.13. The summed E-state index contributed by atoms with van der Waals surface area (Å²) in [6.07, 6.45) is 2.99. The summed E-state index contributed by atoms with van der Waals surface area (Å²) in [5, 5.41) is 0. The average molecular weight is 330 g/mol. The first-order valence-corrected chi connectivity index (χ1v) is 8.84. The molecule has 0 heterocycles. The van der Waals surface area contributed by atoms with E-state index < -0.39 is 18.0 Å². The molecule has 0 N–H and O–H groups in total. The summed E-state index contributed by atoms with van der Waals surface area (Å²) in [7, 11) is 0. The second-order valence-corrected chi connectivity index (χ2v) is 7.36. The molecule has 0 amide bonds. The molecular weight excluding hydrogens is 301 g/mol. The lowest BCUT2D eigenvalue weighted by molar-refractivity contribution is -0.0943. The Labute approximate surface area is 138 Å². The van der Waals surface area contributed by atoms with E-state index in [0.29, 0.717) is 18.3 Å². The summed E-state index contributed by atoms with van der Waals surface area (Å²) < 4.78 is 48.2. The molecule has 3 atom stereocenters. The molecule has 3 unspecified atom stereocenters. The van der Waals surface area contributed by atoms with E-state index in [1.165, 1.54) is 6.92 Å². The minimum atomic E-state index is -2.97. The number of alkyl halides is 3. The number of halogens is 3. The molecule has 4 heteroatoms. The molecule has 132 valence electrons. The van der Waals surface area contributed by atoms with Crippen molar-refractivity contribution in [1.29, 1.82) is 0 Å². The van der Waals surface area contributed by atoms with Crippen molar-refractivity contribution in [3.8, 4) is 0 Å². The fourth-order valence-corrected chi connectivity index (χ4v) is 3.64. The molecule has 23 heavy (non-hydrogen) atoms. The predicted molar refractivity (Wildman–Crippen MR) is 86.9 cm³/mol. The van der Waals surface area contributed by atoms with Crippen molar-refractivity contribution < 1.29 is 17.9 Å². The van der Waals surface area contributed by atoms with E-state index in [-0.39, 0.29) is 18.6 Å². The highest BCUT2D eigenvalue weighted by Crippen LogP contribution is 2.42. The molecule has 0 aromatic heterocycles. The first-order chi connectivity index (χ1) is 10.8. The number of hydrogen-bond acceptors (Lipinski definition) is 1. The number of rotatable bonds is 5. The van der Waals surface area contributed by atoms with Crippen molar-refractivity contribution >= 4 is 0 Å². The van der Waals surface area contributed by atoms with Gasteiger partial charge in [-0.25, -0.2) is 13.2 Å². The van der Waals surface area contributed by atoms with Gasteiger partial charge in [-0.3, -0.25) is 0 Å². The van der Waals surface area contributed by atoms with Crippen LogP contribution in [0.1, 0.15) is 66.2 Å². The van der Waals surface area contributed by atoms with Gasteiger partial charge in [-0.1, -0.05) is 20.8 Å². The molecule has 0 radical (unpaired) electrons. The Kier molecular flexibility index (Phi) is 5.85. The van der Waals surface area contributed by atoms with E-state index in [0.717, 1.165) is 30.6 Å². The van der Waals surface area contributed by atoms with Crippen molar-refractivity contribution in [1.82, 2.24) is 0 Å². The first-order valence-electron chi connectivity index (χ1n) is 8.84. The van der Waals surface area contributed by atoms with Crippen LogP contribution in [0.3, 0.4) is 0 Å². The molecule has 2 aliphatic rings. The van der Waals surface area contributed by atoms with Gasteiger partial charge in [-0.15, -0.1) is 0 Å². The Bertz CT molecular complexity index is 479. The molecule has 0 fully saturated rings. The van der Waals surface area contributed by atoms with Crippen molar-refractivity contribution in [2.45, 2.75) is 78.3 Å². The maximum Gasteiger partial charge on any atom is 0.253 e. The van der Waals surface area contributed by atoms with Crippen LogP contribution in [0, 0.1) is 17.8 Å². The smallest absolute Gasteiger partial charge is 0.253 e. The van der Waals surface area contributed by atoms with Crippen LogP contribution in [0.15, 0.2) is 23.2 Å². The van der Waals surface area contributed by atoms with E-state index in [9.17, 15) is 13.2 Å². The van der Waals surface area contributed by atoms with Crippen molar-refractivity contribution in [3.63, 3.8) is 0 Å². The van der Waals surface area contributed by atoms with Crippen molar-refractivity contribution in [3.05, 3.63) is 23.2 Å². The monoisotopic (exact) mass is 330 g/mol. The second kappa shape index (κ2) is 7.31. The van der Waals surface area contributed by atoms with Gasteiger partial charge in [-0.2, -0.15) is 0 Å². The highest BCUT2D eigenvalue weighted by Gasteiger charge is 2.46. The zero-order valence-corrected chi connectivity index (χ0v) is 14.7. The maximum atomic E-state index is 14.6. The molecule has 0 aromatic carbocycles. The summed E-state index contributed by atoms with van der Waals surface area (Å²) in [4.78, 5) is 0. The van der Waals surface area contributed by atoms with Gasteiger partial charge in [0.2, 0.25) is 0 Å². The lowest BCUT2D eigenvalue weighted by atomic mass is 9.81. The van der Waals surface area contributed by atoms with E-state index in [4.69, 9.17) is 4.74 Å². The van der Waals surface area contributed by atoms with Gasteiger partial charge in [0.1, 0.15) is 11.5 Å². The highest BCUT2D eigenvalue weighted by molar-refractivity contribution is 5.17. The van der Waals surface area contributed by atoms with E-state index >= 15 is 0 Å². The third-order valence-corrected chi connectivity index (χ3v) is 5.43. The third kappa shape index (κ3) is 4.13. The third-order valence-electron chi connectivity index (χ3n) is 5.43. The number of allylic oxidation sites excluding steroid dienone is 4. The van der Waals surface area contributed by atoms with Crippen LogP contribution in [0.5, 0.6) is 0 Å². The van der Waals surface area contributed by atoms with Gasteiger partial charge in [0.15, 0.2) is 6.17 Å². The van der Waals surface area contributed by atoms with E-state index in [1.54, 1.807) is 6.08 Å². The quantitative estimate of drug-likeness (QED) is 0.566. The fourth-order valence-electron chi connectivity index (χ4n) is 3.64. The van der Waals surface area contributed by atoms with Gasteiger partial charge >= 0.3 is 0 Å². The van der Waals surface area contributed by atoms with Gasteiger partial charge in [-0.05, 0) is 56.1 Å². The fraction of sp³-hybridized carbons (Fsp3) is 0.789. The summed E-state index contributed by atoms with van der Waals surface area (Å²) in [6, 6.07) is 0. The molecule has 0 bridgehead atoms. The van der Waals surface area contributed by atoms with Gasteiger partial charge < -0.3 is 4.74 Å². The Morgan fingerprint density at radius 1 is 1.30 bits per heavy atom. The standard InChI is InChI=1S/C19H29F3O/c1-5-19(21,22)15-7-6-8-17(18(15)20)23-16-10-9-14(12(2)3)11-13(16)4/h8,12,14-15,18H,5-7,9-11H2,1-4H3. The summed E-state index contributed by atoms with van der Waals surface area (Å²) in [6.45, 7) is 7.84. The van der Waals surface area contributed by atoms with Crippen molar-refractivity contribution in [2.24, 2.45) is 17.8 Å². The van der Waals surface area contributed by atoms with Gasteiger partial charge in [0.05, 0.1) is 5.92 Å². The van der Waals surface area contributed by atoms with Crippen LogP contribution >= 0.6 is 0 Å². The zero-order valence-electron chi connectivity index (χ0n) is 14.7. The minimum absolute atomic E-state index is 0.103. The Balaban J connectivity index is 2.08. The van der Waals surface area contributed by atoms with Crippen LogP contribution in [-0.2, 0) is 4.74 Å². The van der Waals surface area contributed by atoms with Gasteiger partial charge in [0.25, 0.3) is 5.92 Å². The van der Waals surface area contributed by atoms with E-state index in [2.05, 4.69) is 13.8 Å². The van der Waals surface area contributed by atoms with Crippen LogP contribution in [0.4, 0.5) is 13.2 Å². The van der Waals surface area contributed by atoms with Crippen LogP contribution < -0.4 is 0 Å². The lowest BCUT2D eigenvalue weighted by Gasteiger charge is -2.34. The Morgan fingerprint density at radius 3 is 2.57 bits per heavy atom. The normalized spacial score (nSPS) is 29.7. The topological polar surface area (TPSA) is 9.23 Å². The molecular formula is C19H29F3O. The second-order valence-electron chi connectivity index (χ2n) is 7.36. The van der Waals surface area contributed by atoms with E-state index in [1.807, 2.05) is 6.92 Å². The van der Waals surface area contributed by atoms with Crippen LogP contribution in [-0.4, -0.2) is 12.1 Å².